The molecule has 0 aromatic carbocycles. The molecule has 7 nitrogen and oxygen atoms in total. The maximum absolute atomic E-state index is 9.52. The van der Waals surface area contributed by atoms with E-state index < -0.39 is 0 Å². The highest BCUT2D eigenvalue weighted by atomic mass is 16.6. The maximum Gasteiger partial charge on any atom is 0.187 e. The van der Waals surface area contributed by atoms with Crippen molar-refractivity contribution in [3.63, 3.8) is 0 Å². The third-order valence-electron chi connectivity index (χ3n) is 2.34. The minimum absolute atomic E-state index is 0.136. The van der Waals surface area contributed by atoms with Crippen molar-refractivity contribution in [1.82, 2.24) is 9.69 Å². The molecule has 0 spiro atoms. The summed E-state index contributed by atoms with van der Waals surface area (Å²) >= 11 is 0. The minimum Gasteiger partial charge on any atom is -0.472 e. The van der Waals surface area contributed by atoms with Crippen LogP contribution in [0.25, 0.3) is 0 Å². The van der Waals surface area contributed by atoms with Crippen molar-refractivity contribution in [3.8, 4) is 0 Å². The van der Waals surface area contributed by atoms with E-state index in [-0.39, 0.29) is 17.0 Å². The van der Waals surface area contributed by atoms with Crippen molar-refractivity contribution < 1.29 is 14.8 Å². The smallest absolute Gasteiger partial charge is 0.187 e. The van der Waals surface area contributed by atoms with E-state index in [0.717, 1.165) is 5.56 Å². The Hall–Kier alpha value is -2.44. The summed E-state index contributed by atoms with van der Waals surface area (Å²) in [4.78, 5) is 4.89. The number of nitrogens with one attached hydrogen (secondary N) is 1. The first-order valence-electron chi connectivity index (χ1n) is 4.94. The van der Waals surface area contributed by atoms with Gasteiger partial charge in [0.05, 0.1) is 18.6 Å². The van der Waals surface area contributed by atoms with E-state index in [1.54, 1.807) is 12.3 Å². The molecule has 90 valence electrons. The number of hydrogen-bond acceptors (Lipinski definition) is 5. The van der Waals surface area contributed by atoms with Crippen LogP contribution in [0.3, 0.4) is 0 Å². The van der Waals surface area contributed by atoms with E-state index in [1.165, 1.54) is 18.4 Å². The number of furan rings is 1. The summed E-state index contributed by atoms with van der Waals surface area (Å²) < 4.78 is 4.93. The molecule has 17 heavy (non-hydrogen) atoms. The lowest BCUT2D eigenvalue weighted by molar-refractivity contribution is -0.0328. The Morgan fingerprint density at radius 2 is 2.06 bits per heavy atom. The average Bonchev–Trinajstić information content (AvgIpc) is 2.83. The van der Waals surface area contributed by atoms with Crippen LogP contribution in [0.1, 0.15) is 18.5 Å². The van der Waals surface area contributed by atoms with Crippen LogP contribution in [0.4, 0.5) is 0 Å². The first-order valence-corrected chi connectivity index (χ1v) is 4.94. The van der Waals surface area contributed by atoms with E-state index in [2.05, 4.69) is 4.99 Å². The first-order chi connectivity index (χ1) is 8.09. The summed E-state index contributed by atoms with van der Waals surface area (Å²) in [5.74, 6) is 0. The summed E-state index contributed by atoms with van der Waals surface area (Å²) in [7, 11) is 0. The van der Waals surface area contributed by atoms with Gasteiger partial charge in [0.15, 0.2) is 11.0 Å². The molecule has 2 rings (SSSR count). The Balaban J connectivity index is 2.48. The molecule has 7 heteroatoms. The predicted octanol–water partition coefficient (Wildman–Crippen LogP) is 0.499. The summed E-state index contributed by atoms with van der Waals surface area (Å²) in [6.07, 6.45) is 3.09. The van der Waals surface area contributed by atoms with Gasteiger partial charge in [0.2, 0.25) is 0 Å². The van der Waals surface area contributed by atoms with Gasteiger partial charge in [-0.3, -0.25) is 10.4 Å². The summed E-state index contributed by atoms with van der Waals surface area (Å²) in [6, 6.07) is 4.30. The van der Waals surface area contributed by atoms with Crippen molar-refractivity contribution >= 4 is 0 Å². The highest BCUT2D eigenvalue weighted by Gasteiger charge is 2.05. The van der Waals surface area contributed by atoms with E-state index in [0.29, 0.717) is 9.69 Å². The highest BCUT2D eigenvalue weighted by molar-refractivity contribution is 5.10. The van der Waals surface area contributed by atoms with Crippen LogP contribution < -0.4 is 11.0 Å². The molecule has 2 aromatic rings. The molecule has 0 saturated carbocycles. The SMILES string of the molecule is CC(N=c1ccc(=N)n(O)n1O)c1ccoc1. The number of aromatic nitrogens is 2. The Morgan fingerprint density at radius 3 is 2.71 bits per heavy atom. The molecule has 3 N–H and O–H groups in total. The molecule has 0 aliphatic carbocycles. The van der Waals surface area contributed by atoms with E-state index in [1.807, 2.05) is 6.92 Å². The van der Waals surface area contributed by atoms with Crippen LogP contribution in [0.15, 0.2) is 40.1 Å². The summed E-state index contributed by atoms with van der Waals surface area (Å²) in [6.45, 7) is 1.82. The first kappa shape index (κ1) is 11.1. The highest BCUT2D eigenvalue weighted by Crippen LogP contribution is 2.15. The molecule has 0 aliphatic rings. The zero-order chi connectivity index (χ0) is 12.4. The van der Waals surface area contributed by atoms with Gasteiger partial charge < -0.3 is 14.8 Å². The zero-order valence-corrected chi connectivity index (χ0v) is 9.11. The third-order valence-corrected chi connectivity index (χ3v) is 2.34. The van der Waals surface area contributed by atoms with Gasteiger partial charge in [0.1, 0.15) is 0 Å². The van der Waals surface area contributed by atoms with Crippen molar-refractivity contribution in [3.05, 3.63) is 47.3 Å². The molecule has 2 heterocycles. The quantitative estimate of drug-likeness (QED) is 0.662. The van der Waals surface area contributed by atoms with Crippen LogP contribution in [-0.2, 0) is 0 Å². The number of nitrogens with zero attached hydrogens (tertiary/aromatic N) is 3. The van der Waals surface area contributed by atoms with Crippen LogP contribution >= 0.6 is 0 Å². The van der Waals surface area contributed by atoms with Crippen molar-refractivity contribution in [2.75, 3.05) is 0 Å². The minimum atomic E-state index is -0.248. The van der Waals surface area contributed by atoms with Gasteiger partial charge >= 0.3 is 0 Å². The van der Waals surface area contributed by atoms with Crippen molar-refractivity contribution in [1.29, 1.82) is 5.41 Å². The fraction of sp³-hybridized carbons (Fsp3) is 0.200. The van der Waals surface area contributed by atoms with Gasteiger partial charge in [0.25, 0.3) is 0 Å². The summed E-state index contributed by atoms with van der Waals surface area (Å²) in [5.41, 5.74) is 0.740. The Labute approximate surface area is 95.9 Å². The second-order valence-corrected chi connectivity index (χ2v) is 3.52. The Morgan fingerprint density at radius 1 is 1.29 bits per heavy atom. The monoisotopic (exact) mass is 236 g/mol. The molecule has 1 atom stereocenters. The fourth-order valence-electron chi connectivity index (χ4n) is 1.37. The van der Waals surface area contributed by atoms with Gasteiger partial charge in [-0.2, -0.15) is 0 Å². The molecule has 0 saturated heterocycles. The van der Waals surface area contributed by atoms with Gasteiger partial charge in [-0.25, -0.2) is 0 Å². The molecule has 0 fully saturated rings. The van der Waals surface area contributed by atoms with Crippen LogP contribution in [-0.4, -0.2) is 20.1 Å². The standard InChI is InChI=1S/C10H12N4O3/c1-7(8-4-5-17-6-8)12-10-3-2-9(11)13(15)14(10)16/h2-7,11,15-16H,1H3. The third kappa shape index (κ3) is 2.07. The second kappa shape index (κ2) is 4.20. The second-order valence-electron chi connectivity index (χ2n) is 3.52. The summed E-state index contributed by atoms with van der Waals surface area (Å²) in [5, 5.41) is 26.1. The molecule has 1 unspecified atom stereocenters. The lowest BCUT2D eigenvalue weighted by Crippen LogP contribution is -2.36. The molecular formula is C10H12N4O3. The zero-order valence-electron chi connectivity index (χ0n) is 9.11. The predicted molar refractivity (Wildman–Crippen MR) is 55.3 cm³/mol. The molecule has 2 aromatic heterocycles. The van der Waals surface area contributed by atoms with Gasteiger partial charge in [-0.1, -0.05) is 9.69 Å². The molecule has 0 radical (unpaired) electrons. The Kier molecular flexibility index (Phi) is 2.73. The maximum atomic E-state index is 9.52. The molecule has 0 aliphatic heterocycles. The average molecular weight is 236 g/mol. The van der Waals surface area contributed by atoms with Crippen LogP contribution in [0.2, 0.25) is 0 Å². The van der Waals surface area contributed by atoms with Crippen molar-refractivity contribution in [2.24, 2.45) is 4.99 Å². The van der Waals surface area contributed by atoms with E-state index in [4.69, 9.17) is 9.83 Å². The van der Waals surface area contributed by atoms with Gasteiger partial charge in [-0.05, 0) is 25.1 Å². The largest absolute Gasteiger partial charge is 0.472 e. The Bertz CT molecular complexity index is 624. The number of rotatable bonds is 2. The van der Waals surface area contributed by atoms with E-state index >= 15 is 0 Å². The molecule has 0 bridgehead atoms. The number of hydrogen-bond donors (Lipinski definition) is 3. The normalized spacial score (nSPS) is 13.8. The van der Waals surface area contributed by atoms with E-state index in [9.17, 15) is 10.4 Å². The topological polar surface area (TPSA) is 99.7 Å². The fourth-order valence-corrected chi connectivity index (χ4v) is 1.37. The lowest BCUT2D eigenvalue weighted by Gasteiger charge is -2.06. The molecule has 0 amide bonds. The molecular weight excluding hydrogens is 224 g/mol. The lowest BCUT2D eigenvalue weighted by atomic mass is 10.2. The van der Waals surface area contributed by atoms with Crippen molar-refractivity contribution in [2.45, 2.75) is 13.0 Å². The van der Waals surface area contributed by atoms with Gasteiger partial charge in [-0.15, -0.1) is 0 Å². The van der Waals surface area contributed by atoms with Gasteiger partial charge in [0, 0.05) is 5.56 Å². The van der Waals surface area contributed by atoms with Crippen LogP contribution in [0.5, 0.6) is 0 Å². The van der Waals surface area contributed by atoms with Crippen LogP contribution in [0, 0.1) is 5.41 Å².